The van der Waals surface area contributed by atoms with Gasteiger partial charge >= 0.3 is 0 Å². The van der Waals surface area contributed by atoms with Crippen LogP contribution in [-0.2, 0) is 11.2 Å². The number of nitrogens with one attached hydrogen (secondary N) is 2. The Balaban J connectivity index is 0.00000162. The number of hydrogen-bond acceptors (Lipinski definition) is 2. The number of carbonyl (C=O) groups is 1. The van der Waals surface area contributed by atoms with Crippen molar-refractivity contribution in [2.45, 2.75) is 31.7 Å². The second-order valence-electron chi connectivity index (χ2n) is 4.53. The van der Waals surface area contributed by atoms with Crippen LogP contribution >= 0.6 is 12.4 Å². The number of halogens is 1. The number of benzene rings is 1. The average molecular weight is 269 g/mol. The van der Waals surface area contributed by atoms with Crippen molar-refractivity contribution in [2.24, 2.45) is 0 Å². The van der Waals surface area contributed by atoms with Crippen LogP contribution in [0.4, 0.5) is 0 Å². The predicted octanol–water partition coefficient (Wildman–Crippen LogP) is 1.91. The number of amides is 1. The zero-order chi connectivity index (χ0) is 11.9. The van der Waals surface area contributed by atoms with E-state index in [1.54, 1.807) is 0 Å². The Hall–Kier alpha value is -1.06. The van der Waals surface area contributed by atoms with E-state index in [1.165, 1.54) is 12.0 Å². The number of piperidine rings is 1. The lowest BCUT2D eigenvalue weighted by Crippen LogP contribution is -2.47. The van der Waals surface area contributed by atoms with Crippen molar-refractivity contribution in [3.05, 3.63) is 35.9 Å². The van der Waals surface area contributed by atoms with Gasteiger partial charge in [-0.05, 0) is 31.4 Å². The summed E-state index contributed by atoms with van der Waals surface area (Å²) in [6.45, 7) is 1.69. The van der Waals surface area contributed by atoms with E-state index < -0.39 is 0 Å². The number of rotatable bonds is 4. The summed E-state index contributed by atoms with van der Waals surface area (Å²) < 4.78 is 0. The Labute approximate surface area is 115 Å². The van der Waals surface area contributed by atoms with Crippen LogP contribution in [-0.4, -0.2) is 25.0 Å². The summed E-state index contributed by atoms with van der Waals surface area (Å²) in [5, 5.41) is 6.25. The molecule has 0 saturated carbocycles. The highest BCUT2D eigenvalue weighted by molar-refractivity contribution is 5.85. The van der Waals surface area contributed by atoms with E-state index in [-0.39, 0.29) is 24.4 Å². The molecule has 0 bridgehead atoms. The zero-order valence-corrected chi connectivity index (χ0v) is 11.3. The fraction of sp³-hybridized carbons (Fsp3) is 0.500. The Kier molecular flexibility index (Phi) is 6.76. The topological polar surface area (TPSA) is 41.1 Å². The molecule has 100 valence electrons. The normalized spacial score (nSPS) is 18.8. The van der Waals surface area contributed by atoms with Crippen LogP contribution in [0.2, 0.25) is 0 Å². The van der Waals surface area contributed by atoms with Crippen molar-refractivity contribution >= 4 is 18.3 Å². The largest absolute Gasteiger partial charge is 0.354 e. The predicted molar refractivity (Wildman–Crippen MR) is 76.0 cm³/mol. The van der Waals surface area contributed by atoms with Crippen molar-refractivity contribution in [2.75, 3.05) is 13.1 Å². The summed E-state index contributed by atoms with van der Waals surface area (Å²) in [7, 11) is 0. The highest BCUT2D eigenvalue weighted by Gasteiger charge is 2.19. The van der Waals surface area contributed by atoms with Gasteiger partial charge in [0.1, 0.15) is 0 Å². The van der Waals surface area contributed by atoms with Crippen molar-refractivity contribution in [1.29, 1.82) is 0 Å². The van der Waals surface area contributed by atoms with Gasteiger partial charge in [-0.1, -0.05) is 36.8 Å². The van der Waals surface area contributed by atoms with Gasteiger partial charge in [0.05, 0.1) is 6.04 Å². The highest BCUT2D eigenvalue weighted by Crippen LogP contribution is 2.06. The first-order chi connectivity index (χ1) is 8.36. The summed E-state index contributed by atoms with van der Waals surface area (Å²) in [6.07, 6.45) is 4.22. The van der Waals surface area contributed by atoms with Gasteiger partial charge in [-0.25, -0.2) is 0 Å². The number of hydrogen-bond donors (Lipinski definition) is 2. The van der Waals surface area contributed by atoms with E-state index in [9.17, 15) is 4.79 Å². The summed E-state index contributed by atoms with van der Waals surface area (Å²) >= 11 is 0. The summed E-state index contributed by atoms with van der Waals surface area (Å²) in [4.78, 5) is 11.8. The van der Waals surface area contributed by atoms with Crippen LogP contribution in [0, 0.1) is 0 Å². The minimum Gasteiger partial charge on any atom is -0.354 e. The second kappa shape index (κ2) is 8.11. The molecule has 1 fully saturated rings. The van der Waals surface area contributed by atoms with Gasteiger partial charge in [-0.3, -0.25) is 4.79 Å². The van der Waals surface area contributed by atoms with Gasteiger partial charge in [0.2, 0.25) is 5.91 Å². The summed E-state index contributed by atoms with van der Waals surface area (Å²) in [5.74, 6) is 0.153. The molecule has 0 radical (unpaired) electrons. The lowest BCUT2D eigenvalue weighted by atomic mass is 10.0. The smallest absolute Gasteiger partial charge is 0.237 e. The first-order valence-electron chi connectivity index (χ1n) is 6.41. The molecule has 3 nitrogen and oxygen atoms in total. The fourth-order valence-electron chi connectivity index (χ4n) is 2.17. The molecule has 18 heavy (non-hydrogen) atoms. The summed E-state index contributed by atoms with van der Waals surface area (Å²) in [5.41, 5.74) is 1.27. The molecule has 0 unspecified atom stereocenters. The molecule has 1 aliphatic heterocycles. The van der Waals surface area contributed by atoms with Crippen LogP contribution in [0.1, 0.15) is 24.8 Å². The first kappa shape index (κ1) is 15.0. The van der Waals surface area contributed by atoms with Crippen molar-refractivity contribution in [3.63, 3.8) is 0 Å². The molecular formula is C14H21ClN2O. The van der Waals surface area contributed by atoms with Gasteiger partial charge in [0.25, 0.3) is 0 Å². The molecule has 1 saturated heterocycles. The molecular weight excluding hydrogens is 248 g/mol. The first-order valence-corrected chi connectivity index (χ1v) is 6.41. The molecule has 1 aromatic carbocycles. The van der Waals surface area contributed by atoms with E-state index in [4.69, 9.17) is 0 Å². The minimum absolute atomic E-state index is 0. The maximum Gasteiger partial charge on any atom is 0.237 e. The van der Waals surface area contributed by atoms with Crippen molar-refractivity contribution in [3.8, 4) is 0 Å². The van der Waals surface area contributed by atoms with Gasteiger partial charge in [-0.2, -0.15) is 0 Å². The monoisotopic (exact) mass is 268 g/mol. The van der Waals surface area contributed by atoms with E-state index in [2.05, 4.69) is 22.8 Å². The minimum atomic E-state index is 0. The molecule has 1 aliphatic rings. The SMILES string of the molecule is Cl.O=C(NCCc1ccccc1)[C@H]1CCCCN1. The maximum absolute atomic E-state index is 11.8. The lowest BCUT2D eigenvalue weighted by Gasteiger charge is -2.22. The molecule has 0 aliphatic carbocycles. The molecule has 1 heterocycles. The standard InChI is InChI=1S/C14H20N2O.ClH/c17-14(13-8-4-5-10-15-13)16-11-9-12-6-2-1-3-7-12;/h1-3,6-7,13,15H,4-5,8-11H2,(H,16,17);1H/t13-;/m1./s1. The van der Waals surface area contributed by atoms with Crippen LogP contribution in [0.25, 0.3) is 0 Å². The molecule has 1 atom stereocenters. The van der Waals surface area contributed by atoms with Gasteiger partial charge in [0.15, 0.2) is 0 Å². The van der Waals surface area contributed by atoms with Gasteiger partial charge in [-0.15, -0.1) is 12.4 Å². The third-order valence-electron chi connectivity index (χ3n) is 3.18. The molecule has 0 aromatic heterocycles. The van der Waals surface area contributed by atoms with E-state index >= 15 is 0 Å². The molecule has 4 heteroatoms. The Bertz CT molecular complexity index is 350. The lowest BCUT2D eigenvalue weighted by molar-refractivity contribution is -0.123. The van der Waals surface area contributed by atoms with Crippen LogP contribution in [0.15, 0.2) is 30.3 Å². The van der Waals surface area contributed by atoms with Crippen LogP contribution < -0.4 is 10.6 Å². The quantitative estimate of drug-likeness (QED) is 0.876. The Morgan fingerprint density at radius 3 is 2.72 bits per heavy atom. The van der Waals surface area contributed by atoms with Crippen molar-refractivity contribution < 1.29 is 4.79 Å². The molecule has 1 amide bonds. The Morgan fingerprint density at radius 1 is 1.28 bits per heavy atom. The van der Waals surface area contributed by atoms with Crippen LogP contribution in [0.5, 0.6) is 0 Å². The third-order valence-corrected chi connectivity index (χ3v) is 3.18. The van der Waals surface area contributed by atoms with E-state index in [0.29, 0.717) is 0 Å². The van der Waals surface area contributed by atoms with Crippen molar-refractivity contribution in [1.82, 2.24) is 10.6 Å². The molecule has 1 aromatic rings. The third kappa shape index (κ3) is 4.67. The zero-order valence-electron chi connectivity index (χ0n) is 10.5. The maximum atomic E-state index is 11.8. The van der Waals surface area contributed by atoms with Gasteiger partial charge < -0.3 is 10.6 Å². The molecule has 2 rings (SSSR count). The van der Waals surface area contributed by atoms with Gasteiger partial charge in [0, 0.05) is 6.54 Å². The number of carbonyl (C=O) groups excluding carboxylic acids is 1. The average Bonchev–Trinajstić information content (AvgIpc) is 2.41. The van der Waals surface area contributed by atoms with E-state index in [0.717, 1.165) is 32.4 Å². The molecule has 2 N–H and O–H groups in total. The van der Waals surface area contributed by atoms with Crippen LogP contribution in [0.3, 0.4) is 0 Å². The van der Waals surface area contributed by atoms with E-state index in [1.807, 2.05) is 18.2 Å². The summed E-state index contributed by atoms with van der Waals surface area (Å²) in [6, 6.07) is 10.3. The fourth-order valence-corrected chi connectivity index (χ4v) is 2.17. The highest BCUT2D eigenvalue weighted by atomic mass is 35.5. The Morgan fingerprint density at radius 2 is 2.06 bits per heavy atom. The molecule has 0 spiro atoms. The second-order valence-corrected chi connectivity index (χ2v) is 4.53.